The number of rotatable bonds is 4. The molecule has 0 saturated heterocycles. The zero-order chi connectivity index (χ0) is 14.8. The maximum atomic E-state index is 11.1. The molecule has 0 bridgehead atoms. The molecule has 2 N–H and O–H groups in total. The quantitative estimate of drug-likeness (QED) is 0.897. The number of aromatic carboxylic acids is 1. The number of aromatic nitrogens is 4. The van der Waals surface area contributed by atoms with Crippen LogP contribution in [-0.2, 0) is 0 Å². The van der Waals surface area contributed by atoms with Crippen LogP contribution in [0.15, 0.2) is 10.9 Å². The number of aromatic amines is 1. The van der Waals surface area contributed by atoms with Crippen LogP contribution in [0.2, 0.25) is 0 Å². The van der Waals surface area contributed by atoms with Crippen molar-refractivity contribution in [1.82, 2.24) is 20.1 Å². The summed E-state index contributed by atoms with van der Waals surface area (Å²) in [5.41, 5.74) is 0.171. The summed E-state index contributed by atoms with van der Waals surface area (Å²) in [4.78, 5) is 22.0. The Labute approximate surface area is 121 Å². The largest absolute Gasteiger partial charge is 0.476 e. The predicted octanol–water partition coefficient (Wildman–Crippen LogP) is 2.84. The lowest BCUT2D eigenvalue weighted by molar-refractivity contribution is 0.0691. The monoisotopic (exact) mass is 290 g/mol. The molecule has 3 rings (SSSR count). The molecule has 0 radical (unpaired) electrons. The third-order valence-corrected chi connectivity index (χ3v) is 4.22. The van der Waals surface area contributed by atoms with Crippen LogP contribution in [0.1, 0.15) is 61.3 Å². The highest BCUT2D eigenvalue weighted by atomic mass is 16.5. The van der Waals surface area contributed by atoms with E-state index in [1.54, 1.807) is 0 Å². The standard InChI is InChI=1S/C14H18N4O3/c1-2-8-4-3-5-9(6-8)12-17-13(21-18-12)10-11(14(19)20)16-7-15-10/h7-9H,2-6H2,1H3,(H,15,16)(H,19,20). The Hall–Kier alpha value is -2.18. The van der Waals surface area contributed by atoms with Gasteiger partial charge in [-0.15, -0.1) is 0 Å². The second-order valence-electron chi connectivity index (χ2n) is 5.53. The summed E-state index contributed by atoms with van der Waals surface area (Å²) in [5.74, 6) is 0.771. The van der Waals surface area contributed by atoms with Crippen molar-refractivity contribution in [3.63, 3.8) is 0 Å². The normalized spacial score (nSPS) is 22.3. The summed E-state index contributed by atoms with van der Waals surface area (Å²) in [5, 5.41) is 13.1. The summed E-state index contributed by atoms with van der Waals surface area (Å²) in [6.07, 6.45) is 7.06. The van der Waals surface area contributed by atoms with Crippen LogP contribution in [0.5, 0.6) is 0 Å². The van der Waals surface area contributed by atoms with Crippen molar-refractivity contribution in [2.75, 3.05) is 0 Å². The van der Waals surface area contributed by atoms with Crippen molar-refractivity contribution in [1.29, 1.82) is 0 Å². The van der Waals surface area contributed by atoms with Crippen LogP contribution in [0.4, 0.5) is 0 Å². The molecule has 2 heterocycles. The number of hydrogen-bond donors (Lipinski definition) is 2. The van der Waals surface area contributed by atoms with E-state index >= 15 is 0 Å². The Morgan fingerprint density at radius 2 is 2.38 bits per heavy atom. The number of carbonyl (C=O) groups is 1. The molecular weight excluding hydrogens is 272 g/mol. The number of carboxylic acids is 1. The van der Waals surface area contributed by atoms with Gasteiger partial charge in [0, 0.05) is 5.92 Å². The SMILES string of the molecule is CCC1CCCC(c2noc(-c3[nH]cnc3C(=O)O)n2)C1. The smallest absolute Gasteiger partial charge is 0.356 e. The fourth-order valence-corrected chi connectivity index (χ4v) is 3.02. The summed E-state index contributed by atoms with van der Waals surface area (Å²) in [6, 6.07) is 0. The highest BCUT2D eigenvalue weighted by molar-refractivity contribution is 5.91. The molecule has 0 aromatic carbocycles. The molecule has 0 spiro atoms. The second kappa shape index (κ2) is 5.67. The Morgan fingerprint density at radius 3 is 3.14 bits per heavy atom. The lowest BCUT2D eigenvalue weighted by atomic mass is 9.80. The van der Waals surface area contributed by atoms with Gasteiger partial charge in [-0.1, -0.05) is 31.3 Å². The zero-order valence-electron chi connectivity index (χ0n) is 11.9. The number of hydrogen-bond acceptors (Lipinski definition) is 5. The first kappa shape index (κ1) is 13.8. The topological polar surface area (TPSA) is 105 Å². The van der Waals surface area contributed by atoms with Crippen LogP contribution in [0.3, 0.4) is 0 Å². The van der Waals surface area contributed by atoms with Crippen molar-refractivity contribution in [3.8, 4) is 11.6 Å². The molecule has 0 aliphatic heterocycles. The molecule has 2 unspecified atom stereocenters. The third-order valence-electron chi connectivity index (χ3n) is 4.22. The molecule has 2 atom stereocenters. The van der Waals surface area contributed by atoms with Crippen molar-refractivity contribution >= 4 is 5.97 Å². The molecule has 0 amide bonds. The van der Waals surface area contributed by atoms with Gasteiger partial charge in [-0.25, -0.2) is 9.78 Å². The minimum Gasteiger partial charge on any atom is -0.476 e. The average molecular weight is 290 g/mol. The fourth-order valence-electron chi connectivity index (χ4n) is 3.02. The molecule has 1 aliphatic rings. The van der Waals surface area contributed by atoms with E-state index in [-0.39, 0.29) is 17.3 Å². The van der Waals surface area contributed by atoms with E-state index in [0.717, 1.165) is 12.8 Å². The molecular formula is C14H18N4O3. The molecule has 21 heavy (non-hydrogen) atoms. The van der Waals surface area contributed by atoms with Crippen molar-refractivity contribution in [2.24, 2.45) is 5.92 Å². The van der Waals surface area contributed by atoms with Crippen LogP contribution in [-0.4, -0.2) is 31.2 Å². The van der Waals surface area contributed by atoms with Crippen molar-refractivity contribution in [3.05, 3.63) is 17.8 Å². The van der Waals surface area contributed by atoms with Gasteiger partial charge in [0.05, 0.1) is 6.33 Å². The second-order valence-corrected chi connectivity index (χ2v) is 5.53. The minimum absolute atomic E-state index is 0.0970. The van der Waals surface area contributed by atoms with Crippen LogP contribution < -0.4 is 0 Å². The first-order chi connectivity index (χ1) is 10.2. The molecule has 1 fully saturated rings. The molecule has 112 valence electrons. The zero-order valence-corrected chi connectivity index (χ0v) is 11.9. The highest BCUT2D eigenvalue weighted by Crippen LogP contribution is 2.36. The van der Waals surface area contributed by atoms with Crippen molar-refractivity contribution < 1.29 is 14.4 Å². The van der Waals surface area contributed by atoms with Crippen LogP contribution in [0, 0.1) is 5.92 Å². The number of imidazole rings is 1. The Morgan fingerprint density at radius 1 is 1.52 bits per heavy atom. The maximum absolute atomic E-state index is 11.1. The van der Waals surface area contributed by atoms with E-state index in [1.165, 1.54) is 25.6 Å². The molecule has 7 nitrogen and oxygen atoms in total. The van der Waals surface area contributed by atoms with E-state index in [1.807, 2.05) is 0 Å². The number of nitrogens with one attached hydrogen (secondary N) is 1. The molecule has 2 aromatic rings. The lowest BCUT2D eigenvalue weighted by Crippen LogP contribution is -2.14. The lowest BCUT2D eigenvalue weighted by Gasteiger charge is -2.26. The first-order valence-corrected chi connectivity index (χ1v) is 7.29. The molecule has 2 aromatic heterocycles. The average Bonchev–Trinajstić information content (AvgIpc) is 3.15. The van der Waals surface area contributed by atoms with Crippen LogP contribution in [0.25, 0.3) is 11.6 Å². The van der Waals surface area contributed by atoms with Gasteiger partial charge in [0.2, 0.25) is 0 Å². The minimum atomic E-state index is -1.12. The van der Waals surface area contributed by atoms with Gasteiger partial charge in [0.1, 0.15) is 5.69 Å². The maximum Gasteiger partial charge on any atom is 0.356 e. The van der Waals surface area contributed by atoms with E-state index in [2.05, 4.69) is 27.0 Å². The van der Waals surface area contributed by atoms with Gasteiger partial charge in [-0.2, -0.15) is 4.98 Å². The summed E-state index contributed by atoms with van der Waals surface area (Å²) in [7, 11) is 0. The van der Waals surface area contributed by atoms with Gasteiger partial charge in [-0.05, 0) is 18.8 Å². The van der Waals surface area contributed by atoms with E-state index in [9.17, 15) is 4.79 Å². The van der Waals surface area contributed by atoms with Crippen molar-refractivity contribution in [2.45, 2.75) is 44.9 Å². The molecule has 7 heteroatoms. The van der Waals surface area contributed by atoms with E-state index in [4.69, 9.17) is 9.63 Å². The van der Waals surface area contributed by atoms with Gasteiger partial charge in [0.15, 0.2) is 11.5 Å². The van der Waals surface area contributed by atoms with Gasteiger partial charge < -0.3 is 14.6 Å². The number of nitrogens with zero attached hydrogens (tertiary/aromatic N) is 3. The number of H-pyrrole nitrogens is 1. The Balaban J connectivity index is 1.83. The summed E-state index contributed by atoms with van der Waals surface area (Å²) >= 11 is 0. The Bertz CT molecular complexity index is 634. The van der Waals surface area contributed by atoms with Gasteiger partial charge in [-0.3, -0.25) is 0 Å². The number of carboxylic acid groups (broad SMARTS) is 1. The predicted molar refractivity (Wildman–Crippen MR) is 73.8 cm³/mol. The summed E-state index contributed by atoms with van der Waals surface area (Å²) in [6.45, 7) is 2.21. The molecule has 1 aliphatic carbocycles. The van der Waals surface area contributed by atoms with E-state index in [0.29, 0.717) is 17.7 Å². The van der Waals surface area contributed by atoms with Crippen LogP contribution >= 0.6 is 0 Å². The van der Waals surface area contributed by atoms with Gasteiger partial charge in [0.25, 0.3) is 5.89 Å². The van der Waals surface area contributed by atoms with Gasteiger partial charge >= 0.3 is 5.97 Å². The third kappa shape index (κ3) is 2.68. The Kier molecular flexibility index (Phi) is 3.72. The van der Waals surface area contributed by atoms with E-state index < -0.39 is 5.97 Å². The summed E-state index contributed by atoms with van der Waals surface area (Å²) < 4.78 is 5.23. The highest BCUT2D eigenvalue weighted by Gasteiger charge is 2.27. The first-order valence-electron chi connectivity index (χ1n) is 7.29. The fraction of sp³-hybridized carbons (Fsp3) is 0.571. The molecule has 1 saturated carbocycles.